The van der Waals surface area contributed by atoms with Crippen LogP contribution in [0.2, 0.25) is 0 Å². The molecule has 0 aliphatic carbocycles. The average Bonchev–Trinajstić information content (AvgIpc) is 3.12. The maximum atomic E-state index is 12.3. The van der Waals surface area contributed by atoms with Crippen LogP contribution in [0, 0.1) is 20.8 Å². The van der Waals surface area contributed by atoms with Crippen LogP contribution in [-0.2, 0) is 0 Å². The van der Waals surface area contributed by atoms with Crippen molar-refractivity contribution in [1.82, 2.24) is 15.3 Å². The van der Waals surface area contributed by atoms with Crippen LogP contribution in [0.25, 0.3) is 0 Å². The first kappa shape index (κ1) is 18.2. The van der Waals surface area contributed by atoms with Gasteiger partial charge in [-0.2, -0.15) is 4.98 Å². The minimum atomic E-state index is -0.0542. The first-order valence-corrected chi connectivity index (χ1v) is 9.22. The summed E-state index contributed by atoms with van der Waals surface area (Å²) >= 11 is 0. The lowest BCUT2D eigenvalue weighted by molar-refractivity contribution is 0.0955. The molecule has 6 heteroatoms. The lowest BCUT2D eigenvalue weighted by Gasteiger charge is -2.17. The molecule has 0 atom stereocenters. The fourth-order valence-electron chi connectivity index (χ4n) is 3.30. The number of nitrogens with zero attached hydrogens (tertiary/aromatic N) is 3. The molecule has 0 radical (unpaired) electrons. The van der Waals surface area contributed by atoms with Crippen LogP contribution < -0.4 is 15.5 Å². The summed E-state index contributed by atoms with van der Waals surface area (Å²) in [5.41, 5.74) is 3.83. The number of benzene rings is 1. The number of carbonyl (C=O) groups excluding carboxylic acids is 1. The van der Waals surface area contributed by atoms with E-state index in [-0.39, 0.29) is 5.91 Å². The smallest absolute Gasteiger partial charge is 0.251 e. The van der Waals surface area contributed by atoms with E-state index in [1.54, 1.807) is 0 Å². The molecule has 1 aliphatic rings. The van der Waals surface area contributed by atoms with Gasteiger partial charge in [-0.3, -0.25) is 4.79 Å². The highest BCUT2D eigenvalue weighted by Gasteiger charge is 2.15. The summed E-state index contributed by atoms with van der Waals surface area (Å²) in [4.78, 5) is 23.6. The molecule has 1 aromatic heterocycles. The van der Waals surface area contributed by atoms with E-state index in [9.17, 15) is 4.79 Å². The monoisotopic (exact) mass is 353 g/mol. The molecule has 26 heavy (non-hydrogen) atoms. The fraction of sp³-hybridized carbons (Fsp3) is 0.450. The van der Waals surface area contributed by atoms with Gasteiger partial charge in [0.25, 0.3) is 5.91 Å². The second-order valence-electron chi connectivity index (χ2n) is 6.94. The molecule has 0 unspecified atom stereocenters. The number of carbonyl (C=O) groups is 1. The molecule has 1 saturated heterocycles. The zero-order valence-corrected chi connectivity index (χ0v) is 15.8. The van der Waals surface area contributed by atoms with E-state index >= 15 is 0 Å². The van der Waals surface area contributed by atoms with Crippen LogP contribution in [0.5, 0.6) is 0 Å². The van der Waals surface area contributed by atoms with E-state index in [4.69, 9.17) is 0 Å². The fourth-order valence-corrected chi connectivity index (χ4v) is 3.30. The van der Waals surface area contributed by atoms with E-state index in [1.807, 2.05) is 39.0 Å². The van der Waals surface area contributed by atoms with Gasteiger partial charge in [-0.15, -0.1) is 0 Å². The summed E-state index contributed by atoms with van der Waals surface area (Å²) in [7, 11) is 0. The summed E-state index contributed by atoms with van der Waals surface area (Å²) in [6.07, 6.45) is 2.44. The second-order valence-corrected chi connectivity index (χ2v) is 6.94. The molecule has 2 aromatic rings. The first-order chi connectivity index (χ1) is 12.5. The summed E-state index contributed by atoms with van der Waals surface area (Å²) in [5, 5.41) is 6.16. The Balaban J connectivity index is 1.52. The van der Waals surface area contributed by atoms with Gasteiger partial charge in [0.05, 0.1) is 0 Å². The van der Waals surface area contributed by atoms with Crippen molar-refractivity contribution in [2.75, 3.05) is 36.4 Å². The molecular weight excluding hydrogens is 326 g/mol. The Bertz CT molecular complexity index is 764. The Hall–Kier alpha value is -2.63. The van der Waals surface area contributed by atoms with Crippen LogP contribution in [0.3, 0.4) is 0 Å². The quantitative estimate of drug-likeness (QED) is 0.782. The molecule has 2 heterocycles. The summed E-state index contributed by atoms with van der Waals surface area (Å²) in [5.74, 6) is 1.55. The van der Waals surface area contributed by atoms with E-state index in [0.717, 1.165) is 35.7 Å². The minimum absolute atomic E-state index is 0.0542. The Morgan fingerprint density at radius 2 is 1.69 bits per heavy atom. The van der Waals surface area contributed by atoms with Crippen molar-refractivity contribution >= 4 is 17.7 Å². The number of anilines is 2. The maximum Gasteiger partial charge on any atom is 0.251 e. The van der Waals surface area contributed by atoms with Crippen molar-refractivity contribution in [3.8, 4) is 0 Å². The van der Waals surface area contributed by atoms with Crippen LogP contribution in [0.1, 0.15) is 40.0 Å². The molecule has 2 N–H and O–H groups in total. The SMILES string of the molecule is Cc1cc(C)cc(C(=O)NCCNc2nc(C)cc(N3CCCC3)n2)c1. The van der Waals surface area contributed by atoms with Gasteiger partial charge in [0, 0.05) is 43.5 Å². The van der Waals surface area contributed by atoms with Crippen LogP contribution in [-0.4, -0.2) is 42.1 Å². The summed E-state index contributed by atoms with van der Waals surface area (Å²) < 4.78 is 0. The third kappa shape index (κ3) is 4.71. The molecule has 1 aromatic carbocycles. The number of aromatic nitrogens is 2. The van der Waals surface area contributed by atoms with Gasteiger partial charge < -0.3 is 15.5 Å². The van der Waals surface area contributed by atoms with Crippen LogP contribution in [0.15, 0.2) is 24.3 Å². The van der Waals surface area contributed by atoms with Gasteiger partial charge in [0.2, 0.25) is 5.95 Å². The highest BCUT2D eigenvalue weighted by molar-refractivity contribution is 5.94. The Kier molecular flexibility index (Phi) is 5.71. The predicted octanol–water partition coefficient (Wildman–Crippen LogP) is 2.84. The van der Waals surface area contributed by atoms with Gasteiger partial charge in [-0.05, 0) is 45.7 Å². The number of hydrogen-bond acceptors (Lipinski definition) is 5. The molecule has 0 saturated carbocycles. The van der Waals surface area contributed by atoms with Gasteiger partial charge in [0.15, 0.2) is 0 Å². The number of nitrogens with one attached hydrogen (secondary N) is 2. The van der Waals surface area contributed by atoms with Gasteiger partial charge >= 0.3 is 0 Å². The normalized spacial score (nSPS) is 13.7. The van der Waals surface area contributed by atoms with E-state index < -0.39 is 0 Å². The Morgan fingerprint density at radius 3 is 2.38 bits per heavy atom. The molecule has 1 amide bonds. The molecule has 3 rings (SSSR count). The molecule has 138 valence electrons. The van der Waals surface area contributed by atoms with Crippen molar-refractivity contribution in [1.29, 1.82) is 0 Å². The lowest BCUT2D eigenvalue weighted by atomic mass is 10.1. The number of amides is 1. The maximum absolute atomic E-state index is 12.3. The third-order valence-corrected chi connectivity index (χ3v) is 4.45. The number of aryl methyl sites for hydroxylation is 3. The van der Waals surface area contributed by atoms with Gasteiger partial charge in [-0.1, -0.05) is 17.2 Å². The van der Waals surface area contributed by atoms with Gasteiger partial charge in [-0.25, -0.2) is 4.98 Å². The third-order valence-electron chi connectivity index (χ3n) is 4.45. The Morgan fingerprint density at radius 1 is 1.00 bits per heavy atom. The van der Waals surface area contributed by atoms with Crippen molar-refractivity contribution < 1.29 is 4.79 Å². The molecule has 0 spiro atoms. The molecule has 6 nitrogen and oxygen atoms in total. The lowest BCUT2D eigenvalue weighted by Crippen LogP contribution is -2.29. The largest absolute Gasteiger partial charge is 0.356 e. The van der Waals surface area contributed by atoms with E-state index in [1.165, 1.54) is 12.8 Å². The van der Waals surface area contributed by atoms with E-state index in [2.05, 4.69) is 31.6 Å². The van der Waals surface area contributed by atoms with Crippen LogP contribution in [0.4, 0.5) is 11.8 Å². The highest BCUT2D eigenvalue weighted by Crippen LogP contribution is 2.19. The number of rotatable bonds is 6. The van der Waals surface area contributed by atoms with E-state index in [0.29, 0.717) is 24.6 Å². The predicted molar refractivity (Wildman–Crippen MR) is 105 cm³/mol. The van der Waals surface area contributed by atoms with Crippen molar-refractivity contribution in [3.63, 3.8) is 0 Å². The van der Waals surface area contributed by atoms with Crippen molar-refractivity contribution in [2.24, 2.45) is 0 Å². The zero-order chi connectivity index (χ0) is 18.5. The van der Waals surface area contributed by atoms with Crippen LogP contribution >= 0.6 is 0 Å². The molecule has 0 bridgehead atoms. The topological polar surface area (TPSA) is 70.2 Å². The van der Waals surface area contributed by atoms with Crippen molar-refractivity contribution in [2.45, 2.75) is 33.6 Å². The molecule has 1 fully saturated rings. The summed E-state index contributed by atoms with van der Waals surface area (Å²) in [6, 6.07) is 7.90. The molecule has 1 aliphatic heterocycles. The average molecular weight is 353 g/mol. The van der Waals surface area contributed by atoms with Gasteiger partial charge in [0.1, 0.15) is 5.82 Å². The first-order valence-electron chi connectivity index (χ1n) is 9.22. The molecular formula is C20H27N5O. The Labute approximate surface area is 155 Å². The highest BCUT2D eigenvalue weighted by atomic mass is 16.1. The van der Waals surface area contributed by atoms with Crippen molar-refractivity contribution in [3.05, 3.63) is 46.6 Å². The zero-order valence-electron chi connectivity index (χ0n) is 15.8. The minimum Gasteiger partial charge on any atom is -0.356 e. The summed E-state index contributed by atoms with van der Waals surface area (Å²) in [6.45, 7) is 9.19. The second kappa shape index (κ2) is 8.17. The number of hydrogen-bond donors (Lipinski definition) is 2. The standard InChI is InChI=1S/C20H27N5O/c1-14-10-15(2)12-17(11-14)19(26)21-6-7-22-20-23-16(3)13-18(24-20)25-8-4-5-9-25/h10-13H,4-9H2,1-3H3,(H,21,26)(H,22,23,24).